The Kier molecular flexibility index (Phi) is 7.75. The number of benzene rings is 3. The molecule has 3 aromatic carbocycles. The predicted octanol–water partition coefficient (Wildman–Crippen LogP) is 6.52. The number of piperidine rings is 1. The smallest absolute Gasteiger partial charge is 0.335 e. The van der Waals surface area contributed by atoms with Crippen molar-refractivity contribution in [1.82, 2.24) is 14.9 Å². The van der Waals surface area contributed by atoms with E-state index < -0.39 is 16.8 Å². The number of hydrogen-bond acceptors (Lipinski definition) is 8. The van der Waals surface area contributed by atoms with E-state index in [0.717, 1.165) is 55.1 Å². The van der Waals surface area contributed by atoms with Crippen LogP contribution in [0.5, 0.6) is 0 Å². The Balaban J connectivity index is 1.28. The molecule has 0 bridgehead atoms. The van der Waals surface area contributed by atoms with Crippen LogP contribution in [0, 0.1) is 10.1 Å². The second kappa shape index (κ2) is 11.8. The van der Waals surface area contributed by atoms with Crippen LogP contribution in [0.2, 0.25) is 5.02 Å². The first-order valence-corrected chi connectivity index (χ1v) is 16.0. The molecule has 7 rings (SSSR count). The number of fused-ring (bicyclic) bond motifs is 3. The van der Waals surface area contributed by atoms with E-state index in [1.807, 2.05) is 12.1 Å². The number of nitro groups is 1. The number of nitrogens with zero attached hydrogens (tertiary/aromatic N) is 5. The number of aromatic nitrogens is 2. The first-order chi connectivity index (χ1) is 22.2. The number of anilines is 2. The van der Waals surface area contributed by atoms with Crippen molar-refractivity contribution in [2.45, 2.75) is 56.5 Å². The lowest BCUT2D eigenvalue weighted by Gasteiger charge is -2.40. The van der Waals surface area contributed by atoms with Crippen molar-refractivity contribution in [3.8, 4) is 0 Å². The average molecular weight is 639 g/mol. The summed E-state index contributed by atoms with van der Waals surface area (Å²) in [7, 11) is 0. The Morgan fingerprint density at radius 1 is 1.13 bits per heavy atom. The third-order valence-corrected chi connectivity index (χ3v) is 10.5. The quantitative estimate of drug-likeness (QED) is 0.171. The van der Waals surface area contributed by atoms with Crippen molar-refractivity contribution >= 4 is 34.8 Å². The number of carboxylic acid groups (broad SMARTS) is 1. The lowest BCUT2D eigenvalue weighted by Crippen LogP contribution is -2.45. The molecule has 10 nitrogen and oxygen atoms in total. The highest BCUT2D eigenvalue weighted by Gasteiger charge is 2.48. The minimum Gasteiger partial charge on any atom is -0.478 e. The number of non-ortho nitro benzene ring substituents is 1. The maximum absolute atomic E-state index is 12.2. The fourth-order valence-corrected chi connectivity index (χ4v) is 8.27. The number of aromatic carboxylic acids is 1. The topological polar surface area (TPSA) is 139 Å². The summed E-state index contributed by atoms with van der Waals surface area (Å²) in [5, 5.41) is 22.3. The Hall–Kier alpha value is -4.38. The van der Waals surface area contributed by atoms with Crippen LogP contribution in [-0.4, -0.2) is 50.5 Å². The van der Waals surface area contributed by atoms with Crippen LogP contribution < -0.4 is 10.6 Å². The minimum absolute atomic E-state index is 0.00824. The third kappa shape index (κ3) is 5.01. The fraction of sp³-hybridized carbons (Fsp3) is 0.343. The first kappa shape index (κ1) is 30.3. The Morgan fingerprint density at radius 2 is 1.89 bits per heavy atom. The van der Waals surface area contributed by atoms with E-state index in [1.54, 1.807) is 0 Å². The van der Waals surface area contributed by atoms with Crippen molar-refractivity contribution < 1.29 is 14.8 Å². The molecule has 3 heterocycles. The highest BCUT2D eigenvalue weighted by atomic mass is 35.5. The number of halogens is 1. The van der Waals surface area contributed by atoms with Crippen molar-refractivity contribution in [1.29, 1.82) is 0 Å². The van der Waals surface area contributed by atoms with Gasteiger partial charge in [-0.1, -0.05) is 48.9 Å². The summed E-state index contributed by atoms with van der Waals surface area (Å²) < 4.78 is 0. The van der Waals surface area contributed by atoms with Gasteiger partial charge in [0.05, 0.1) is 16.2 Å². The Labute approximate surface area is 272 Å². The van der Waals surface area contributed by atoms with Crippen LogP contribution >= 0.6 is 11.6 Å². The Bertz CT molecular complexity index is 1840. The number of nitrogens with two attached hydrogens (primary N) is 1. The summed E-state index contributed by atoms with van der Waals surface area (Å²) in [5.74, 6) is -0.760. The zero-order valence-electron chi connectivity index (χ0n) is 25.5. The second-order valence-corrected chi connectivity index (χ2v) is 13.2. The van der Waals surface area contributed by atoms with Crippen molar-refractivity contribution in [3.63, 3.8) is 0 Å². The van der Waals surface area contributed by atoms with Gasteiger partial charge in [-0.2, -0.15) is 0 Å². The van der Waals surface area contributed by atoms with Gasteiger partial charge in [0.1, 0.15) is 12.1 Å². The van der Waals surface area contributed by atoms with Gasteiger partial charge >= 0.3 is 5.97 Å². The second-order valence-electron chi connectivity index (χ2n) is 12.8. The SMILES string of the molecule is C[C@@H]1C[C@H](c2cc([N+](=O)[O-])ccc2C(=O)O)c2ncnc(N3CC4(CCN(Cc5ccccc5)CC4)c4c3ccc(Cl)c4CN)c21. The monoisotopic (exact) mass is 638 g/mol. The molecule has 1 aliphatic carbocycles. The predicted molar refractivity (Wildman–Crippen MR) is 176 cm³/mol. The van der Waals surface area contributed by atoms with E-state index in [-0.39, 0.29) is 22.6 Å². The van der Waals surface area contributed by atoms with Gasteiger partial charge in [-0.3, -0.25) is 15.0 Å². The van der Waals surface area contributed by atoms with Crippen LogP contribution in [0.4, 0.5) is 17.2 Å². The number of carbonyl (C=O) groups is 1. The van der Waals surface area contributed by atoms with Crippen LogP contribution in [-0.2, 0) is 18.5 Å². The molecule has 11 heteroatoms. The molecule has 0 radical (unpaired) electrons. The third-order valence-electron chi connectivity index (χ3n) is 10.2. The summed E-state index contributed by atoms with van der Waals surface area (Å²) in [6, 6.07) is 18.5. The number of likely N-dealkylation sites (tertiary alicyclic amines) is 1. The molecule has 1 fully saturated rings. The van der Waals surface area contributed by atoms with Crippen molar-refractivity contribution in [3.05, 3.63) is 121 Å². The van der Waals surface area contributed by atoms with E-state index in [9.17, 15) is 20.0 Å². The summed E-state index contributed by atoms with van der Waals surface area (Å²) in [6.07, 6.45) is 3.98. The van der Waals surface area contributed by atoms with Gasteiger partial charge in [-0.05, 0) is 78.7 Å². The summed E-state index contributed by atoms with van der Waals surface area (Å²) in [5.41, 5.74) is 12.7. The molecule has 3 N–H and O–H groups in total. The molecule has 4 aromatic rings. The number of hydrogen-bond donors (Lipinski definition) is 2. The van der Waals surface area contributed by atoms with Gasteiger partial charge in [0.15, 0.2) is 0 Å². The largest absolute Gasteiger partial charge is 0.478 e. The molecule has 0 saturated carbocycles. The lowest BCUT2D eigenvalue weighted by atomic mass is 9.72. The zero-order chi connectivity index (χ0) is 32.2. The van der Waals surface area contributed by atoms with Crippen LogP contribution in [0.15, 0.2) is 67.0 Å². The Morgan fingerprint density at radius 3 is 2.59 bits per heavy atom. The van der Waals surface area contributed by atoms with E-state index in [4.69, 9.17) is 22.3 Å². The molecule has 3 aliphatic rings. The molecule has 0 unspecified atom stereocenters. The highest BCUT2D eigenvalue weighted by Crippen LogP contribution is 2.55. The van der Waals surface area contributed by atoms with Crippen molar-refractivity contribution in [2.75, 3.05) is 24.5 Å². The molecule has 1 spiro atoms. The molecule has 2 atom stereocenters. The average Bonchev–Trinajstić information content (AvgIpc) is 3.57. The molecular formula is C35H35ClN6O4. The van der Waals surface area contributed by atoms with Crippen LogP contribution in [0.3, 0.4) is 0 Å². The van der Waals surface area contributed by atoms with Crippen LogP contribution in [0.25, 0.3) is 0 Å². The zero-order valence-corrected chi connectivity index (χ0v) is 26.3. The molecule has 46 heavy (non-hydrogen) atoms. The van der Waals surface area contributed by atoms with E-state index in [2.05, 4.69) is 52.0 Å². The molecule has 236 valence electrons. The van der Waals surface area contributed by atoms with Gasteiger partial charge in [-0.25, -0.2) is 14.8 Å². The van der Waals surface area contributed by atoms with Crippen molar-refractivity contribution in [2.24, 2.45) is 5.73 Å². The number of nitro benzene ring substituents is 1. The molecule has 0 amide bonds. The van der Waals surface area contributed by atoms with Crippen LogP contribution in [0.1, 0.15) is 81.9 Å². The van der Waals surface area contributed by atoms with Gasteiger partial charge in [0.2, 0.25) is 0 Å². The van der Waals surface area contributed by atoms with E-state index >= 15 is 0 Å². The van der Waals surface area contributed by atoms with Gasteiger partial charge in [0.25, 0.3) is 5.69 Å². The minimum atomic E-state index is -1.12. The highest BCUT2D eigenvalue weighted by molar-refractivity contribution is 6.31. The number of rotatable bonds is 7. The summed E-state index contributed by atoms with van der Waals surface area (Å²) in [6.45, 7) is 5.91. The summed E-state index contributed by atoms with van der Waals surface area (Å²) >= 11 is 6.79. The number of carboxylic acids is 1. The first-order valence-electron chi connectivity index (χ1n) is 15.6. The maximum Gasteiger partial charge on any atom is 0.335 e. The fourth-order valence-electron chi connectivity index (χ4n) is 8.04. The van der Waals surface area contributed by atoms with E-state index in [1.165, 1.54) is 35.7 Å². The standard InChI is InChI=1S/C35H35ClN6O4/c1-21-15-26(25-16-23(42(45)46)7-8-24(25)34(43)44)32-30(21)33(39-20-38-32)41-19-35(31-27(17-37)28(36)9-10-29(31)41)11-13-40(14-12-35)18-22-5-3-2-4-6-22/h2-10,16,20-21,26H,11-15,17-19,37H2,1H3,(H,43,44)/t21-,26-/m1/s1. The normalized spacial score (nSPS) is 20.1. The van der Waals surface area contributed by atoms with Gasteiger partial charge in [-0.15, -0.1) is 0 Å². The molecule has 1 saturated heterocycles. The van der Waals surface area contributed by atoms with Gasteiger partial charge < -0.3 is 15.7 Å². The molecule has 2 aliphatic heterocycles. The molecular weight excluding hydrogens is 604 g/mol. The molecule has 1 aromatic heterocycles. The van der Waals surface area contributed by atoms with E-state index in [0.29, 0.717) is 35.8 Å². The summed E-state index contributed by atoms with van der Waals surface area (Å²) in [4.78, 5) is 37.7. The maximum atomic E-state index is 12.2. The van der Waals surface area contributed by atoms with Gasteiger partial charge in [0, 0.05) is 59.4 Å². The lowest BCUT2D eigenvalue weighted by molar-refractivity contribution is -0.384.